The number of amides is 1. The number of anilines is 1. The lowest BCUT2D eigenvalue weighted by atomic mass is 9.55. The third-order valence-corrected chi connectivity index (χ3v) is 10.3. The highest BCUT2D eigenvalue weighted by molar-refractivity contribution is 5.92. The van der Waals surface area contributed by atoms with E-state index in [2.05, 4.69) is 24.3 Å². The Balaban J connectivity index is 1.09. The second kappa shape index (κ2) is 13.0. The zero-order valence-electron chi connectivity index (χ0n) is 24.7. The molecule has 0 saturated heterocycles. The summed E-state index contributed by atoms with van der Waals surface area (Å²) in [6, 6.07) is 6.70. The molecule has 2 aromatic rings. The van der Waals surface area contributed by atoms with Gasteiger partial charge in [-0.15, -0.1) is 0 Å². The summed E-state index contributed by atoms with van der Waals surface area (Å²) in [5.41, 5.74) is 8.34. The number of aliphatic hydroxyl groups excluding tert-OH is 1. The second-order valence-corrected chi connectivity index (χ2v) is 13.0. The maximum atomic E-state index is 12.5. The highest BCUT2D eigenvalue weighted by atomic mass is 16.6. The van der Waals surface area contributed by atoms with Gasteiger partial charge < -0.3 is 25.4 Å². The van der Waals surface area contributed by atoms with Crippen molar-refractivity contribution < 1.29 is 19.2 Å². The van der Waals surface area contributed by atoms with Crippen molar-refractivity contribution in [1.29, 1.82) is 0 Å². The van der Waals surface area contributed by atoms with E-state index in [-0.39, 0.29) is 24.0 Å². The van der Waals surface area contributed by atoms with Gasteiger partial charge >= 0.3 is 5.63 Å². The molecule has 0 spiro atoms. The van der Waals surface area contributed by atoms with Crippen LogP contribution in [0.25, 0.3) is 11.0 Å². The number of nitrogens with one attached hydrogen (secondary N) is 1. The molecule has 6 atom stereocenters. The lowest BCUT2D eigenvalue weighted by molar-refractivity contribution is -0.125. The molecule has 3 aliphatic carbocycles. The first-order valence-electron chi connectivity index (χ1n) is 15.7. The van der Waals surface area contributed by atoms with Gasteiger partial charge in [0.25, 0.3) is 5.91 Å². The predicted octanol–water partition coefficient (Wildman–Crippen LogP) is 5.59. The van der Waals surface area contributed by atoms with Crippen LogP contribution < -0.4 is 16.7 Å². The molecule has 3 fully saturated rings. The van der Waals surface area contributed by atoms with Crippen LogP contribution in [-0.2, 0) is 16.1 Å². The van der Waals surface area contributed by atoms with Crippen molar-refractivity contribution in [2.45, 2.75) is 97.0 Å². The molecule has 0 aliphatic heterocycles. The van der Waals surface area contributed by atoms with Crippen LogP contribution >= 0.6 is 0 Å². The molecule has 8 nitrogen and oxygen atoms in total. The topological polar surface area (TPSA) is 127 Å². The van der Waals surface area contributed by atoms with Gasteiger partial charge in [-0.2, -0.15) is 0 Å². The number of carbonyl (C=O) groups is 1. The molecule has 1 aromatic heterocycles. The number of oxime groups is 1. The fourth-order valence-corrected chi connectivity index (χ4v) is 8.17. The maximum Gasteiger partial charge on any atom is 0.336 e. The Morgan fingerprint density at radius 3 is 2.95 bits per heavy atom. The Bertz CT molecular complexity index is 1310. The van der Waals surface area contributed by atoms with Crippen LogP contribution in [0.5, 0.6) is 0 Å². The molecule has 0 radical (unpaired) electrons. The van der Waals surface area contributed by atoms with Gasteiger partial charge in [0.15, 0.2) is 6.61 Å². The maximum absolute atomic E-state index is 12.5. The number of fused-ring (bicyclic) bond motifs is 4. The van der Waals surface area contributed by atoms with Crippen molar-refractivity contribution >= 4 is 28.3 Å². The van der Waals surface area contributed by atoms with Gasteiger partial charge in [0.2, 0.25) is 0 Å². The van der Waals surface area contributed by atoms with Crippen molar-refractivity contribution in [3.8, 4) is 0 Å². The molecule has 8 heteroatoms. The minimum Gasteiger partial charge on any atom is -0.423 e. The first-order valence-corrected chi connectivity index (χ1v) is 15.7. The average molecular weight is 566 g/mol. The largest absolute Gasteiger partial charge is 0.423 e. The Kier molecular flexibility index (Phi) is 9.37. The average Bonchev–Trinajstić information content (AvgIpc) is 3.27. The quantitative estimate of drug-likeness (QED) is 0.185. The zero-order valence-corrected chi connectivity index (χ0v) is 24.7. The summed E-state index contributed by atoms with van der Waals surface area (Å²) in [6.45, 7) is 4.80. The summed E-state index contributed by atoms with van der Waals surface area (Å²) >= 11 is 0. The fourth-order valence-electron chi connectivity index (χ4n) is 8.17. The summed E-state index contributed by atoms with van der Waals surface area (Å²) in [6.07, 6.45) is 12.7. The van der Waals surface area contributed by atoms with E-state index in [1.807, 2.05) is 6.07 Å². The number of nitrogens with two attached hydrogens (primary N) is 1. The number of nitrogens with zero attached hydrogens (tertiary/aromatic N) is 1. The van der Waals surface area contributed by atoms with Gasteiger partial charge in [-0.3, -0.25) is 4.79 Å². The number of carbonyl (C=O) groups excluding carboxylic acids is 1. The molecule has 41 heavy (non-hydrogen) atoms. The summed E-state index contributed by atoms with van der Waals surface area (Å²) < 4.78 is 5.25. The number of hydrogen-bond donors (Lipinski definition) is 3. The van der Waals surface area contributed by atoms with E-state index in [0.29, 0.717) is 36.1 Å². The van der Waals surface area contributed by atoms with Crippen LogP contribution in [0.15, 0.2) is 38.6 Å². The molecule has 1 aromatic carbocycles. The summed E-state index contributed by atoms with van der Waals surface area (Å²) in [5, 5.41) is 18.7. The fraction of sp³-hybridized carbons (Fsp3) is 0.667. The molecule has 0 unspecified atom stereocenters. The Morgan fingerprint density at radius 1 is 1.27 bits per heavy atom. The van der Waals surface area contributed by atoms with Crippen molar-refractivity contribution in [2.75, 3.05) is 18.9 Å². The number of hydrogen-bond acceptors (Lipinski definition) is 7. The van der Waals surface area contributed by atoms with E-state index < -0.39 is 5.63 Å². The molecular formula is C33H47N3O5. The highest BCUT2D eigenvalue weighted by Crippen LogP contribution is 2.59. The molecule has 4 N–H and O–H groups in total. The normalized spacial score (nSPS) is 29.2. The minimum atomic E-state index is -0.435. The highest BCUT2D eigenvalue weighted by Gasteiger charge is 2.53. The lowest BCUT2D eigenvalue weighted by Gasteiger charge is -2.50. The molecule has 3 aliphatic rings. The smallest absolute Gasteiger partial charge is 0.336 e. The van der Waals surface area contributed by atoms with Crippen LogP contribution in [0.4, 0.5) is 5.69 Å². The standard InChI is InChI=1S/C33H47N3O5/c1-3-4-5-25(37)17-21-6-8-26-22(16-21)12-14-33(2)28(26)10-11-30(33)36-40-20-31(38)35-15-13-23-18-32(39)41-29-19-24(34)7-9-27(23)29/h7,9,18-19,21-22,25-26,28,37H,3-6,8,10-17,20,34H2,1-2H3,(H,35,38)/b36-30-/t21-,22-,25-,26-,28+,33+/m1/s1. The van der Waals surface area contributed by atoms with Gasteiger partial charge in [-0.1, -0.05) is 38.3 Å². The van der Waals surface area contributed by atoms with E-state index in [4.69, 9.17) is 15.0 Å². The van der Waals surface area contributed by atoms with Gasteiger partial charge in [-0.25, -0.2) is 4.79 Å². The number of aliphatic hydroxyl groups is 1. The van der Waals surface area contributed by atoms with Crippen molar-refractivity contribution in [3.05, 3.63) is 40.2 Å². The van der Waals surface area contributed by atoms with Crippen LogP contribution in [-0.4, -0.2) is 36.0 Å². The van der Waals surface area contributed by atoms with E-state index in [0.717, 1.165) is 73.4 Å². The molecule has 224 valence electrons. The third kappa shape index (κ3) is 6.79. The summed E-state index contributed by atoms with van der Waals surface area (Å²) in [4.78, 5) is 30.0. The van der Waals surface area contributed by atoms with Crippen molar-refractivity contribution in [3.63, 3.8) is 0 Å². The molecule has 1 heterocycles. The van der Waals surface area contributed by atoms with Crippen LogP contribution in [0, 0.1) is 29.1 Å². The number of unbranched alkanes of at least 4 members (excludes halogenated alkanes) is 1. The minimum absolute atomic E-state index is 0.0595. The van der Waals surface area contributed by atoms with Crippen LogP contribution in [0.2, 0.25) is 0 Å². The van der Waals surface area contributed by atoms with E-state index >= 15 is 0 Å². The van der Waals surface area contributed by atoms with Gasteiger partial charge in [0.05, 0.1) is 11.8 Å². The Hall–Kier alpha value is -2.87. The summed E-state index contributed by atoms with van der Waals surface area (Å²) in [5.74, 6) is 2.58. The van der Waals surface area contributed by atoms with Crippen molar-refractivity contribution in [2.24, 2.45) is 34.2 Å². The molecule has 5 rings (SSSR count). The predicted molar refractivity (Wildman–Crippen MR) is 162 cm³/mol. The SMILES string of the molecule is CCCC[C@@H](O)C[C@@H]1CC[C@@H]2[C@H](CC[C@]3(C)/C(=N\OCC(=O)NCCc4cc(=O)oc5cc(N)ccc45)CC[C@@H]23)C1. The van der Waals surface area contributed by atoms with Crippen LogP contribution in [0.1, 0.15) is 90.0 Å². The molecular weight excluding hydrogens is 518 g/mol. The first-order chi connectivity index (χ1) is 19.8. The van der Waals surface area contributed by atoms with Crippen molar-refractivity contribution in [1.82, 2.24) is 5.32 Å². The Labute approximate surface area is 243 Å². The number of benzene rings is 1. The molecule has 0 bridgehead atoms. The number of nitrogen functional groups attached to an aromatic ring is 1. The first kappa shape index (κ1) is 29.6. The summed E-state index contributed by atoms with van der Waals surface area (Å²) in [7, 11) is 0. The number of rotatable bonds is 11. The monoisotopic (exact) mass is 565 g/mol. The lowest BCUT2D eigenvalue weighted by Crippen LogP contribution is -2.44. The van der Waals surface area contributed by atoms with Crippen LogP contribution in [0.3, 0.4) is 0 Å². The van der Waals surface area contributed by atoms with Gasteiger partial charge in [-0.05, 0) is 99.2 Å². The second-order valence-electron chi connectivity index (χ2n) is 13.0. The third-order valence-electron chi connectivity index (χ3n) is 10.3. The van der Waals surface area contributed by atoms with E-state index in [1.54, 1.807) is 12.1 Å². The zero-order chi connectivity index (χ0) is 29.0. The van der Waals surface area contributed by atoms with E-state index in [1.165, 1.54) is 31.7 Å². The Morgan fingerprint density at radius 2 is 2.12 bits per heavy atom. The molecule has 1 amide bonds. The molecule has 3 saturated carbocycles. The van der Waals surface area contributed by atoms with Gasteiger partial charge in [0.1, 0.15) is 5.58 Å². The van der Waals surface area contributed by atoms with E-state index in [9.17, 15) is 14.7 Å². The van der Waals surface area contributed by atoms with Gasteiger partial charge in [0, 0.05) is 35.2 Å².